The summed E-state index contributed by atoms with van der Waals surface area (Å²) in [6.45, 7) is 8.13. The first kappa shape index (κ1) is 27.1. The van der Waals surface area contributed by atoms with Crippen LogP contribution in [0.25, 0.3) is 22.1 Å². The number of rotatable bonds is 13. The Balaban J connectivity index is 1.32. The highest BCUT2D eigenvalue weighted by atomic mass is 16.6. The molecule has 6 heteroatoms. The van der Waals surface area contributed by atoms with E-state index in [2.05, 4.69) is 25.1 Å². The summed E-state index contributed by atoms with van der Waals surface area (Å²) >= 11 is 0. The number of furan rings is 1. The summed E-state index contributed by atoms with van der Waals surface area (Å²) in [6, 6.07) is 23.5. The minimum absolute atomic E-state index is 0.0222. The number of ether oxygens (including phenoxy) is 4. The van der Waals surface area contributed by atoms with Crippen molar-refractivity contribution in [2.24, 2.45) is 0 Å². The minimum Gasteiger partial charge on any atom is -0.493 e. The molecule has 1 aromatic heterocycles. The molecule has 4 rings (SSSR count). The van der Waals surface area contributed by atoms with E-state index in [4.69, 9.17) is 23.4 Å². The first-order chi connectivity index (χ1) is 18.4. The topological polar surface area (TPSA) is 67.1 Å². The van der Waals surface area contributed by atoms with E-state index >= 15 is 0 Å². The van der Waals surface area contributed by atoms with Crippen LogP contribution in [0.4, 0.5) is 0 Å². The van der Waals surface area contributed by atoms with Crippen LogP contribution in [0.3, 0.4) is 0 Å². The highest BCUT2D eigenvalue weighted by Crippen LogP contribution is 2.33. The molecule has 0 N–H and O–H groups in total. The van der Waals surface area contributed by atoms with Gasteiger partial charge in [-0.05, 0) is 69.2 Å². The van der Waals surface area contributed by atoms with Gasteiger partial charge in [0.15, 0.2) is 5.60 Å². The monoisotopic (exact) mass is 516 g/mol. The molecule has 1 atom stereocenters. The van der Waals surface area contributed by atoms with Gasteiger partial charge in [-0.1, -0.05) is 43.7 Å². The molecule has 3 aromatic carbocycles. The van der Waals surface area contributed by atoms with Crippen molar-refractivity contribution in [1.82, 2.24) is 0 Å². The molecule has 200 valence electrons. The lowest BCUT2D eigenvalue weighted by Crippen LogP contribution is -2.39. The summed E-state index contributed by atoms with van der Waals surface area (Å²) < 4.78 is 29.0. The van der Waals surface area contributed by atoms with Crippen molar-refractivity contribution < 1.29 is 28.2 Å². The van der Waals surface area contributed by atoms with Gasteiger partial charge in [-0.25, -0.2) is 4.79 Å². The molecule has 1 unspecified atom stereocenters. The summed E-state index contributed by atoms with van der Waals surface area (Å²) in [5, 5.41) is 1.07. The lowest BCUT2D eigenvalue weighted by Gasteiger charge is -2.24. The molecule has 1 heterocycles. The number of hydrogen-bond donors (Lipinski definition) is 0. The molecular weight excluding hydrogens is 480 g/mol. The third-order valence-electron chi connectivity index (χ3n) is 6.22. The average Bonchev–Trinajstić information content (AvgIpc) is 3.33. The van der Waals surface area contributed by atoms with Gasteiger partial charge in [0, 0.05) is 23.4 Å². The molecule has 0 radical (unpaired) electrons. The van der Waals surface area contributed by atoms with E-state index in [1.165, 1.54) is 0 Å². The summed E-state index contributed by atoms with van der Waals surface area (Å²) in [4.78, 5) is 12.1. The highest BCUT2D eigenvalue weighted by Gasteiger charge is 2.31. The standard InChI is InChI=1S/C32H36O6/c1-5-10-25(19-20-35-24-13-15-26(16-14-24)38-32(3,4)31(33)34-6-2)37-27-17-18-28-29(22-36-30(28)21-27)23-11-8-7-9-12-23/h7-9,11-18,21-22,25H,5-6,10,19-20H2,1-4H3. The fourth-order valence-electron chi connectivity index (χ4n) is 4.25. The van der Waals surface area contributed by atoms with E-state index in [0.717, 1.165) is 52.9 Å². The highest BCUT2D eigenvalue weighted by molar-refractivity contribution is 5.94. The van der Waals surface area contributed by atoms with Gasteiger partial charge in [-0.15, -0.1) is 0 Å². The SMILES string of the molecule is CCCC(CCOc1ccc(OC(C)(C)C(=O)OCC)cc1)Oc1ccc2c(-c3ccccc3)coc2c1. The molecule has 0 saturated heterocycles. The van der Waals surface area contributed by atoms with Crippen LogP contribution in [0.1, 0.15) is 47.0 Å². The van der Waals surface area contributed by atoms with Crippen LogP contribution in [-0.4, -0.2) is 30.9 Å². The van der Waals surface area contributed by atoms with E-state index in [0.29, 0.717) is 19.0 Å². The van der Waals surface area contributed by atoms with E-state index in [9.17, 15) is 4.79 Å². The van der Waals surface area contributed by atoms with Gasteiger partial charge in [-0.2, -0.15) is 0 Å². The van der Waals surface area contributed by atoms with Gasteiger partial charge >= 0.3 is 5.97 Å². The summed E-state index contributed by atoms with van der Waals surface area (Å²) in [5.41, 5.74) is 1.95. The van der Waals surface area contributed by atoms with Gasteiger partial charge < -0.3 is 23.4 Å². The molecule has 0 spiro atoms. The Bertz CT molecular complexity index is 1310. The van der Waals surface area contributed by atoms with Crippen molar-refractivity contribution >= 4 is 16.9 Å². The summed E-state index contributed by atoms with van der Waals surface area (Å²) in [5.74, 6) is 1.69. The van der Waals surface area contributed by atoms with Crippen LogP contribution in [0.15, 0.2) is 83.5 Å². The zero-order valence-corrected chi connectivity index (χ0v) is 22.6. The van der Waals surface area contributed by atoms with Crippen LogP contribution in [0.2, 0.25) is 0 Å². The smallest absolute Gasteiger partial charge is 0.349 e. The van der Waals surface area contributed by atoms with Crippen LogP contribution in [0, 0.1) is 0 Å². The first-order valence-electron chi connectivity index (χ1n) is 13.2. The lowest BCUT2D eigenvalue weighted by atomic mass is 10.0. The molecular formula is C32H36O6. The van der Waals surface area contributed by atoms with Crippen molar-refractivity contribution in [1.29, 1.82) is 0 Å². The number of hydrogen-bond acceptors (Lipinski definition) is 6. The Morgan fingerprint density at radius 2 is 1.61 bits per heavy atom. The fraction of sp³-hybridized carbons (Fsp3) is 0.344. The third-order valence-corrected chi connectivity index (χ3v) is 6.22. The average molecular weight is 517 g/mol. The van der Waals surface area contributed by atoms with Crippen molar-refractivity contribution in [2.45, 2.75) is 58.7 Å². The van der Waals surface area contributed by atoms with Gasteiger partial charge in [0.2, 0.25) is 0 Å². The maximum atomic E-state index is 12.1. The second-order valence-electron chi connectivity index (χ2n) is 9.64. The van der Waals surface area contributed by atoms with Crippen molar-refractivity contribution in [3.8, 4) is 28.4 Å². The maximum absolute atomic E-state index is 12.1. The Morgan fingerprint density at radius 1 is 0.895 bits per heavy atom. The van der Waals surface area contributed by atoms with E-state index in [1.54, 1.807) is 39.2 Å². The maximum Gasteiger partial charge on any atom is 0.349 e. The number of fused-ring (bicyclic) bond motifs is 1. The van der Waals surface area contributed by atoms with E-state index in [-0.39, 0.29) is 6.10 Å². The number of carbonyl (C=O) groups is 1. The van der Waals surface area contributed by atoms with Crippen LogP contribution >= 0.6 is 0 Å². The Kier molecular flexibility index (Phi) is 8.95. The Morgan fingerprint density at radius 3 is 2.32 bits per heavy atom. The van der Waals surface area contributed by atoms with Crippen LogP contribution in [0.5, 0.6) is 17.2 Å². The fourth-order valence-corrected chi connectivity index (χ4v) is 4.25. The van der Waals surface area contributed by atoms with Crippen molar-refractivity contribution in [2.75, 3.05) is 13.2 Å². The van der Waals surface area contributed by atoms with Crippen molar-refractivity contribution in [3.63, 3.8) is 0 Å². The van der Waals surface area contributed by atoms with Crippen molar-refractivity contribution in [3.05, 3.63) is 79.1 Å². The molecule has 0 aliphatic rings. The second-order valence-corrected chi connectivity index (χ2v) is 9.64. The second kappa shape index (κ2) is 12.5. The molecule has 0 amide bonds. The Labute approximate surface area is 224 Å². The zero-order valence-electron chi connectivity index (χ0n) is 22.6. The Hall–Kier alpha value is -3.93. The van der Waals surface area contributed by atoms with E-state index < -0.39 is 11.6 Å². The van der Waals surface area contributed by atoms with Gasteiger partial charge in [-0.3, -0.25) is 0 Å². The molecule has 4 aromatic rings. The molecule has 0 bridgehead atoms. The quantitative estimate of drug-likeness (QED) is 0.169. The molecule has 0 aliphatic carbocycles. The van der Waals surface area contributed by atoms with Crippen LogP contribution < -0.4 is 14.2 Å². The molecule has 0 aliphatic heterocycles. The normalized spacial score (nSPS) is 12.2. The predicted molar refractivity (Wildman–Crippen MR) is 149 cm³/mol. The molecule has 38 heavy (non-hydrogen) atoms. The van der Waals surface area contributed by atoms with E-state index in [1.807, 2.05) is 42.5 Å². The zero-order chi connectivity index (χ0) is 27.0. The molecule has 6 nitrogen and oxygen atoms in total. The summed E-state index contributed by atoms with van der Waals surface area (Å²) in [7, 11) is 0. The first-order valence-corrected chi connectivity index (χ1v) is 13.2. The van der Waals surface area contributed by atoms with Gasteiger partial charge in [0.25, 0.3) is 0 Å². The largest absolute Gasteiger partial charge is 0.493 e. The number of benzene rings is 3. The lowest BCUT2D eigenvalue weighted by molar-refractivity contribution is -0.158. The predicted octanol–water partition coefficient (Wildman–Crippen LogP) is 7.84. The van der Waals surface area contributed by atoms with Gasteiger partial charge in [0.05, 0.1) is 19.5 Å². The summed E-state index contributed by atoms with van der Waals surface area (Å²) in [6.07, 6.45) is 4.50. The molecule has 0 fully saturated rings. The third kappa shape index (κ3) is 6.88. The number of carbonyl (C=O) groups excluding carboxylic acids is 1. The van der Waals surface area contributed by atoms with Crippen LogP contribution in [-0.2, 0) is 9.53 Å². The number of esters is 1. The van der Waals surface area contributed by atoms with Gasteiger partial charge in [0.1, 0.15) is 28.9 Å². The molecule has 0 saturated carbocycles. The minimum atomic E-state index is -1.06.